The molecule has 166 valence electrons. The number of anilines is 1. The Morgan fingerprint density at radius 3 is 2.47 bits per heavy atom. The van der Waals surface area contributed by atoms with Gasteiger partial charge in [0, 0.05) is 22.7 Å². The number of halogens is 2. The highest BCUT2D eigenvalue weighted by Gasteiger charge is 2.34. The first-order chi connectivity index (χ1) is 15.3. The van der Waals surface area contributed by atoms with E-state index >= 15 is 0 Å². The molecule has 3 aromatic carbocycles. The third kappa shape index (κ3) is 4.62. The molecule has 0 fully saturated rings. The molecule has 0 saturated carbocycles. The first-order valence-electron chi connectivity index (χ1n) is 10.2. The summed E-state index contributed by atoms with van der Waals surface area (Å²) in [5, 5.41) is 0. The van der Waals surface area contributed by atoms with Crippen molar-refractivity contribution in [3.63, 3.8) is 0 Å². The third-order valence-electron chi connectivity index (χ3n) is 5.49. The summed E-state index contributed by atoms with van der Waals surface area (Å²) in [6.45, 7) is 1.65. The van der Waals surface area contributed by atoms with Crippen LogP contribution < -0.4 is 4.90 Å². The second kappa shape index (κ2) is 9.13. The summed E-state index contributed by atoms with van der Waals surface area (Å²) in [5.74, 6) is -0.830. The summed E-state index contributed by atoms with van der Waals surface area (Å²) in [6, 6.07) is 19.4. The van der Waals surface area contributed by atoms with E-state index in [9.17, 15) is 17.6 Å². The monoisotopic (exact) mass is 516 g/mol. The number of carbonyl (C=O) groups excluding carboxylic acids is 1. The second-order valence-electron chi connectivity index (χ2n) is 7.80. The molecular weight excluding hydrogens is 495 g/mol. The van der Waals surface area contributed by atoms with E-state index in [-0.39, 0.29) is 29.9 Å². The molecule has 1 aliphatic rings. The molecule has 0 aromatic heterocycles. The van der Waals surface area contributed by atoms with E-state index in [0.29, 0.717) is 6.42 Å². The predicted octanol–water partition coefficient (Wildman–Crippen LogP) is 4.76. The first kappa shape index (κ1) is 22.6. The summed E-state index contributed by atoms with van der Waals surface area (Å²) in [4.78, 5) is 15.0. The molecule has 8 heteroatoms. The van der Waals surface area contributed by atoms with Gasteiger partial charge in [0.2, 0.25) is 15.9 Å². The van der Waals surface area contributed by atoms with Crippen LogP contribution in [0, 0.1) is 5.82 Å². The van der Waals surface area contributed by atoms with Gasteiger partial charge in [-0.15, -0.1) is 0 Å². The van der Waals surface area contributed by atoms with Gasteiger partial charge >= 0.3 is 0 Å². The highest BCUT2D eigenvalue weighted by Crippen LogP contribution is 2.34. The number of benzene rings is 3. The Morgan fingerprint density at radius 2 is 1.78 bits per heavy atom. The van der Waals surface area contributed by atoms with Crippen molar-refractivity contribution in [1.82, 2.24) is 4.31 Å². The molecular formula is C24H22BrFN2O3S. The van der Waals surface area contributed by atoms with Crippen LogP contribution in [-0.2, 0) is 27.8 Å². The number of fused-ring (bicyclic) bond motifs is 1. The van der Waals surface area contributed by atoms with Gasteiger partial charge in [0.1, 0.15) is 5.82 Å². The molecule has 32 heavy (non-hydrogen) atoms. The Balaban J connectivity index is 1.66. The highest BCUT2D eigenvalue weighted by atomic mass is 79.9. The lowest BCUT2D eigenvalue weighted by molar-refractivity contribution is -0.119. The van der Waals surface area contributed by atoms with E-state index in [0.717, 1.165) is 37.7 Å². The van der Waals surface area contributed by atoms with E-state index in [1.54, 1.807) is 4.90 Å². The van der Waals surface area contributed by atoms with Crippen molar-refractivity contribution in [2.45, 2.75) is 30.8 Å². The van der Waals surface area contributed by atoms with Gasteiger partial charge in [0.05, 0.1) is 11.4 Å². The number of nitrogens with zero attached hydrogens (tertiary/aromatic N) is 2. The van der Waals surface area contributed by atoms with E-state index in [4.69, 9.17) is 0 Å². The number of rotatable bonds is 6. The standard InChI is InChI=1S/C24H22BrFN2O3S/c1-17-13-19-14-20(25)7-12-23(19)28(17)24(29)16-27(15-18-5-3-2-4-6-18)32(30,31)22-10-8-21(26)9-11-22/h2-12,14,17H,13,15-16H2,1H3/t17-/m1/s1. The van der Waals surface area contributed by atoms with Crippen LogP contribution in [0.1, 0.15) is 18.1 Å². The largest absolute Gasteiger partial charge is 0.308 e. The zero-order valence-corrected chi connectivity index (χ0v) is 19.8. The molecule has 1 amide bonds. The molecule has 1 heterocycles. The van der Waals surface area contributed by atoms with E-state index in [1.807, 2.05) is 55.5 Å². The number of hydrogen-bond donors (Lipinski definition) is 0. The summed E-state index contributed by atoms with van der Waals surface area (Å²) < 4.78 is 42.3. The van der Waals surface area contributed by atoms with E-state index < -0.39 is 15.8 Å². The molecule has 1 aliphatic heterocycles. The minimum Gasteiger partial charge on any atom is -0.308 e. The van der Waals surface area contributed by atoms with Crippen LogP contribution >= 0.6 is 15.9 Å². The number of sulfonamides is 1. The van der Waals surface area contributed by atoms with Crippen LogP contribution in [-0.4, -0.2) is 31.2 Å². The van der Waals surface area contributed by atoms with Crippen molar-refractivity contribution < 1.29 is 17.6 Å². The lowest BCUT2D eigenvalue weighted by atomic mass is 10.1. The van der Waals surface area contributed by atoms with Gasteiger partial charge in [-0.1, -0.05) is 46.3 Å². The topological polar surface area (TPSA) is 57.7 Å². The predicted molar refractivity (Wildman–Crippen MR) is 125 cm³/mol. The van der Waals surface area contributed by atoms with Crippen molar-refractivity contribution in [3.05, 3.63) is 94.2 Å². The average Bonchev–Trinajstić information content (AvgIpc) is 3.09. The number of carbonyl (C=O) groups is 1. The zero-order valence-electron chi connectivity index (χ0n) is 17.4. The van der Waals surface area contributed by atoms with Crippen molar-refractivity contribution in [1.29, 1.82) is 0 Å². The minimum atomic E-state index is -4.03. The summed E-state index contributed by atoms with van der Waals surface area (Å²) in [6.07, 6.45) is 0.698. The van der Waals surface area contributed by atoms with Gasteiger partial charge < -0.3 is 4.90 Å². The van der Waals surface area contributed by atoms with Gasteiger partial charge in [0.25, 0.3) is 0 Å². The van der Waals surface area contributed by atoms with Crippen molar-refractivity contribution in [2.75, 3.05) is 11.4 Å². The lowest BCUT2D eigenvalue weighted by Crippen LogP contribution is -2.44. The maximum absolute atomic E-state index is 13.4. The molecule has 4 rings (SSSR count). The van der Waals surface area contributed by atoms with Gasteiger partial charge in [-0.25, -0.2) is 12.8 Å². The number of amides is 1. The normalized spacial score (nSPS) is 15.8. The fraction of sp³-hybridized carbons (Fsp3) is 0.208. The molecule has 0 bridgehead atoms. The maximum atomic E-state index is 13.4. The number of hydrogen-bond acceptors (Lipinski definition) is 3. The summed E-state index contributed by atoms with van der Waals surface area (Å²) >= 11 is 3.46. The van der Waals surface area contributed by atoms with Crippen molar-refractivity contribution >= 4 is 37.5 Å². The fourth-order valence-corrected chi connectivity index (χ4v) is 5.76. The Morgan fingerprint density at radius 1 is 1.09 bits per heavy atom. The molecule has 0 N–H and O–H groups in total. The quantitative estimate of drug-likeness (QED) is 0.474. The molecule has 1 atom stereocenters. The smallest absolute Gasteiger partial charge is 0.243 e. The van der Waals surface area contributed by atoms with Gasteiger partial charge in [-0.3, -0.25) is 4.79 Å². The molecule has 0 spiro atoms. The van der Waals surface area contributed by atoms with Gasteiger partial charge in [0.15, 0.2) is 0 Å². The molecule has 5 nitrogen and oxygen atoms in total. The molecule has 0 saturated heterocycles. The van der Waals surface area contributed by atoms with Crippen LogP contribution in [0.2, 0.25) is 0 Å². The van der Waals surface area contributed by atoms with Crippen LogP contribution in [0.15, 0.2) is 82.2 Å². The second-order valence-corrected chi connectivity index (χ2v) is 10.7. The van der Waals surface area contributed by atoms with Gasteiger partial charge in [-0.05, 0) is 66.9 Å². The van der Waals surface area contributed by atoms with E-state index in [2.05, 4.69) is 15.9 Å². The van der Waals surface area contributed by atoms with Crippen LogP contribution in [0.5, 0.6) is 0 Å². The Labute approximate surface area is 195 Å². The van der Waals surface area contributed by atoms with Gasteiger partial charge in [-0.2, -0.15) is 4.31 Å². The summed E-state index contributed by atoms with van der Waals surface area (Å²) in [7, 11) is -4.03. The third-order valence-corrected chi connectivity index (χ3v) is 7.79. The lowest BCUT2D eigenvalue weighted by Gasteiger charge is -2.27. The van der Waals surface area contributed by atoms with Crippen LogP contribution in [0.25, 0.3) is 0 Å². The van der Waals surface area contributed by atoms with Crippen molar-refractivity contribution in [3.8, 4) is 0 Å². The molecule has 0 radical (unpaired) electrons. The highest BCUT2D eigenvalue weighted by molar-refractivity contribution is 9.10. The fourth-order valence-electron chi connectivity index (χ4n) is 3.98. The SMILES string of the molecule is C[C@@H]1Cc2cc(Br)ccc2N1C(=O)CN(Cc1ccccc1)S(=O)(=O)c1ccc(F)cc1. The molecule has 3 aromatic rings. The van der Waals surface area contributed by atoms with Crippen molar-refractivity contribution in [2.24, 2.45) is 0 Å². The summed E-state index contributed by atoms with van der Waals surface area (Å²) in [5.41, 5.74) is 2.59. The van der Waals surface area contributed by atoms with Crippen LogP contribution in [0.3, 0.4) is 0 Å². The maximum Gasteiger partial charge on any atom is 0.243 e. The van der Waals surface area contributed by atoms with E-state index in [1.165, 1.54) is 12.1 Å². The first-order valence-corrected chi connectivity index (χ1v) is 12.4. The minimum absolute atomic E-state index is 0.0295. The Bertz CT molecular complexity index is 1230. The average molecular weight is 517 g/mol. The molecule has 0 unspecified atom stereocenters. The van der Waals surface area contributed by atoms with Crippen LogP contribution in [0.4, 0.5) is 10.1 Å². The zero-order chi connectivity index (χ0) is 22.9. The Hall–Kier alpha value is -2.55. The Kier molecular flexibility index (Phi) is 6.46. The molecule has 0 aliphatic carbocycles.